The van der Waals surface area contributed by atoms with Crippen molar-refractivity contribution in [3.05, 3.63) is 36.0 Å². The molecule has 0 aromatic carbocycles. The van der Waals surface area contributed by atoms with Crippen LogP contribution in [0.15, 0.2) is 36.0 Å². The van der Waals surface area contributed by atoms with Crippen LogP contribution in [-0.4, -0.2) is 6.21 Å². The van der Waals surface area contributed by atoms with E-state index in [0.29, 0.717) is 0 Å². The van der Waals surface area contributed by atoms with Gasteiger partial charge in [-0.2, -0.15) is 0 Å². The standard InChI is InChI=1S/C9H13N/c1-7(2)5-9(6-10)8(3)4/h5-6,10H,1,3H2,2,4H3/b9-5-,10-6?. The number of allylic oxidation sites excluding steroid dienone is 4. The Hall–Kier alpha value is -1.11. The largest absolute Gasteiger partial charge is 0.308 e. The molecule has 0 aliphatic rings. The molecule has 0 aliphatic carbocycles. The monoisotopic (exact) mass is 135 g/mol. The molecule has 0 unspecified atom stereocenters. The molecule has 0 aliphatic heterocycles. The van der Waals surface area contributed by atoms with Crippen LogP contribution in [0.1, 0.15) is 13.8 Å². The van der Waals surface area contributed by atoms with Gasteiger partial charge in [0, 0.05) is 6.21 Å². The zero-order valence-corrected chi connectivity index (χ0v) is 6.57. The van der Waals surface area contributed by atoms with Gasteiger partial charge in [0.1, 0.15) is 0 Å². The first-order valence-corrected chi connectivity index (χ1v) is 3.11. The predicted octanol–water partition coefficient (Wildman–Crippen LogP) is 2.71. The lowest BCUT2D eigenvalue weighted by Crippen LogP contribution is -1.84. The molecule has 0 heterocycles. The summed E-state index contributed by atoms with van der Waals surface area (Å²) in [7, 11) is 0. The molecule has 0 saturated carbocycles. The molecule has 10 heavy (non-hydrogen) atoms. The van der Waals surface area contributed by atoms with Crippen molar-refractivity contribution in [2.75, 3.05) is 0 Å². The molecular formula is C9H13N. The van der Waals surface area contributed by atoms with E-state index in [0.717, 1.165) is 16.7 Å². The Bertz CT molecular complexity index is 197. The summed E-state index contributed by atoms with van der Waals surface area (Å²) in [5.41, 5.74) is 2.69. The van der Waals surface area contributed by atoms with Crippen LogP contribution in [0.4, 0.5) is 0 Å². The van der Waals surface area contributed by atoms with Gasteiger partial charge in [-0.05, 0) is 25.0 Å². The van der Waals surface area contributed by atoms with Gasteiger partial charge in [0.05, 0.1) is 0 Å². The summed E-state index contributed by atoms with van der Waals surface area (Å²) in [4.78, 5) is 0. The van der Waals surface area contributed by atoms with Gasteiger partial charge in [0.25, 0.3) is 0 Å². The first kappa shape index (κ1) is 8.89. The third-order valence-corrected chi connectivity index (χ3v) is 1.05. The van der Waals surface area contributed by atoms with Gasteiger partial charge in [0.15, 0.2) is 0 Å². The van der Waals surface area contributed by atoms with Crippen molar-refractivity contribution in [3.8, 4) is 0 Å². The fraction of sp³-hybridized carbons (Fsp3) is 0.222. The summed E-state index contributed by atoms with van der Waals surface area (Å²) < 4.78 is 0. The topological polar surface area (TPSA) is 23.9 Å². The molecule has 0 rings (SSSR count). The summed E-state index contributed by atoms with van der Waals surface area (Å²) in [6.45, 7) is 11.2. The van der Waals surface area contributed by atoms with E-state index in [1.807, 2.05) is 19.9 Å². The Morgan fingerprint density at radius 3 is 1.90 bits per heavy atom. The lowest BCUT2D eigenvalue weighted by atomic mass is 10.1. The molecule has 0 saturated heterocycles. The van der Waals surface area contributed by atoms with E-state index in [1.165, 1.54) is 6.21 Å². The van der Waals surface area contributed by atoms with E-state index in [1.54, 1.807) is 0 Å². The lowest BCUT2D eigenvalue weighted by Gasteiger charge is -1.97. The minimum atomic E-state index is 0.840. The maximum Gasteiger partial charge on any atom is 0.0252 e. The minimum Gasteiger partial charge on any atom is -0.308 e. The molecule has 1 nitrogen and oxygen atoms in total. The van der Waals surface area contributed by atoms with Crippen LogP contribution in [0.2, 0.25) is 0 Å². The molecule has 0 spiro atoms. The molecule has 0 fully saturated rings. The molecule has 54 valence electrons. The zero-order valence-electron chi connectivity index (χ0n) is 6.57. The number of hydrogen-bond acceptors (Lipinski definition) is 1. The van der Waals surface area contributed by atoms with Gasteiger partial charge in [0.2, 0.25) is 0 Å². The molecule has 0 aromatic heterocycles. The van der Waals surface area contributed by atoms with Crippen LogP contribution in [0, 0.1) is 5.41 Å². The highest BCUT2D eigenvalue weighted by atomic mass is 14.3. The molecule has 0 amide bonds. The summed E-state index contributed by atoms with van der Waals surface area (Å²) in [6, 6.07) is 0. The summed E-state index contributed by atoms with van der Waals surface area (Å²) in [5.74, 6) is 0. The quantitative estimate of drug-likeness (QED) is 0.454. The second-order valence-electron chi connectivity index (χ2n) is 2.37. The van der Waals surface area contributed by atoms with Crippen LogP contribution >= 0.6 is 0 Å². The average Bonchev–Trinajstić information content (AvgIpc) is 1.81. The van der Waals surface area contributed by atoms with Crippen LogP contribution in [0.25, 0.3) is 0 Å². The van der Waals surface area contributed by atoms with E-state index in [-0.39, 0.29) is 0 Å². The SMILES string of the molecule is C=C(C)/C=C(/C=N)C(=C)C. The van der Waals surface area contributed by atoms with E-state index in [9.17, 15) is 0 Å². The number of hydrogen-bond donors (Lipinski definition) is 1. The predicted molar refractivity (Wildman–Crippen MR) is 46.5 cm³/mol. The minimum absolute atomic E-state index is 0.840. The molecule has 0 atom stereocenters. The lowest BCUT2D eigenvalue weighted by molar-refractivity contribution is 1.43. The van der Waals surface area contributed by atoms with E-state index in [4.69, 9.17) is 5.41 Å². The van der Waals surface area contributed by atoms with E-state index in [2.05, 4.69) is 13.2 Å². The Balaban J connectivity index is 4.49. The second kappa shape index (κ2) is 3.83. The fourth-order valence-electron chi connectivity index (χ4n) is 0.554. The number of rotatable bonds is 3. The Morgan fingerprint density at radius 1 is 1.30 bits per heavy atom. The first-order valence-electron chi connectivity index (χ1n) is 3.11. The van der Waals surface area contributed by atoms with Crippen LogP contribution in [-0.2, 0) is 0 Å². The first-order chi connectivity index (χ1) is 4.57. The van der Waals surface area contributed by atoms with Crippen molar-refractivity contribution in [1.82, 2.24) is 0 Å². The van der Waals surface area contributed by atoms with Crippen LogP contribution in [0.3, 0.4) is 0 Å². The maximum atomic E-state index is 6.99. The van der Waals surface area contributed by atoms with Crippen molar-refractivity contribution < 1.29 is 0 Å². The number of nitrogens with one attached hydrogen (secondary N) is 1. The summed E-state index contributed by atoms with van der Waals surface area (Å²) in [6.07, 6.45) is 3.13. The fourth-order valence-corrected chi connectivity index (χ4v) is 0.554. The molecule has 0 radical (unpaired) electrons. The summed E-state index contributed by atoms with van der Waals surface area (Å²) in [5, 5.41) is 6.99. The van der Waals surface area contributed by atoms with Gasteiger partial charge in [-0.3, -0.25) is 0 Å². The normalized spacial score (nSPS) is 10.8. The third kappa shape index (κ3) is 3.02. The van der Waals surface area contributed by atoms with Gasteiger partial charge in [-0.15, -0.1) is 0 Å². The van der Waals surface area contributed by atoms with Gasteiger partial charge in [-0.1, -0.05) is 24.8 Å². The molecule has 1 heteroatoms. The third-order valence-electron chi connectivity index (χ3n) is 1.05. The highest BCUT2D eigenvalue weighted by molar-refractivity contribution is 5.82. The highest BCUT2D eigenvalue weighted by Gasteiger charge is 1.90. The van der Waals surface area contributed by atoms with Crippen LogP contribution in [0.5, 0.6) is 0 Å². The molecule has 1 N–H and O–H groups in total. The molecule has 0 aromatic rings. The van der Waals surface area contributed by atoms with Crippen molar-refractivity contribution in [2.45, 2.75) is 13.8 Å². The molecule has 0 bridgehead atoms. The average molecular weight is 135 g/mol. The Kier molecular flexibility index (Phi) is 3.40. The van der Waals surface area contributed by atoms with E-state index < -0.39 is 0 Å². The zero-order chi connectivity index (χ0) is 8.15. The highest BCUT2D eigenvalue weighted by Crippen LogP contribution is 2.05. The van der Waals surface area contributed by atoms with Crippen molar-refractivity contribution in [3.63, 3.8) is 0 Å². The second-order valence-corrected chi connectivity index (χ2v) is 2.37. The van der Waals surface area contributed by atoms with Gasteiger partial charge in [-0.25, -0.2) is 0 Å². The van der Waals surface area contributed by atoms with Crippen molar-refractivity contribution in [1.29, 1.82) is 5.41 Å². The van der Waals surface area contributed by atoms with Gasteiger partial charge < -0.3 is 5.41 Å². The maximum absolute atomic E-state index is 6.99. The smallest absolute Gasteiger partial charge is 0.0252 e. The Morgan fingerprint density at radius 2 is 1.80 bits per heavy atom. The van der Waals surface area contributed by atoms with Crippen molar-refractivity contribution >= 4 is 6.21 Å². The van der Waals surface area contributed by atoms with Crippen LogP contribution < -0.4 is 0 Å². The van der Waals surface area contributed by atoms with Gasteiger partial charge >= 0.3 is 0 Å². The molecular weight excluding hydrogens is 122 g/mol. The van der Waals surface area contributed by atoms with Crippen molar-refractivity contribution in [2.24, 2.45) is 0 Å². The summed E-state index contributed by atoms with van der Waals surface area (Å²) >= 11 is 0. The van der Waals surface area contributed by atoms with E-state index >= 15 is 0 Å². The Labute approximate surface area is 62.3 Å².